The molecule has 0 saturated heterocycles. The van der Waals surface area contributed by atoms with Crippen LogP contribution < -0.4 is 5.32 Å². The van der Waals surface area contributed by atoms with Gasteiger partial charge >= 0.3 is 0 Å². The van der Waals surface area contributed by atoms with Gasteiger partial charge in [-0.05, 0) is 38.0 Å². The Morgan fingerprint density at radius 1 is 1.10 bits per heavy atom. The summed E-state index contributed by atoms with van der Waals surface area (Å²) in [5.41, 5.74) is 4.72. The van der Waals surface area contributed by atoms with Gasteiger partial charge in [-0.15, -0.1) is 0 Å². The molecule has 0 saturated carbocycles. The highest BCUT2D eigenvalue weighted by molar-refractivity contribution is 5.42. The van der Waals surface area contributed by atoms with E-state index in [-0.39, 0.29) is 0 Å². The lowest BCUT2D eigenvalue weighted by molar-refractivity contribution is 0.537. The third kappa shape index (κ3) is 3.14. The molecular formula is C18H21N3. The van der Waals surface area contributed by atoms with E-state index in [0.717, 1.165) is 24.3 Å². The minimum atomic E-state index is 0.432. The predicted octanol–water partition coefficient (Wildman–Crippen LogP) is 3.36. The van der Waals surface area contributed by atoms with Crippen LogP contribution in [0.25, 0.3) is 5.65 Å². The van der Waals surface area contributed by atoms with Gasteiger partial charge in [0.15, 0.2) is 0 Å². The second-order valence-corrected chi connectivity index (χ2v) is 5.54. The van der Waals surface area contributed by atoms with E-state index in [2.05, 4.69) is 65.1 Å². The molecule has 1 N–H and O–H groups in total. The molecule has 2 aromatic heterocycles. The Kier molecular flexibility index (Phi) is 4.02. The molecule has 1 atom stereocenters. The summed E-state index contributed by atoms with van der Waals surface area (Å²) < 4.78 is 2.16. The Balaban J connectivity index is 1.67. The van der Waals surface area contributed by atoms with Crippen LogP contribution in [0.1, 0.15) is 23.9 Å². The Hall–Kier alpha value is -2.13. The van der Waals surface area contributed by atoms with Crippen LogP contribution in [-0.4, -0.2) is 15.4 Å². The van der Waals surface area contributed by atoms with Crippen LogP contribution in [0.2, 0.25) is 0 Å². The molecule has 0 spiro atoms. The van der Waals surface area contributed by atoms with E-state index in [9.17, 15) is 0 Å². The molecule has 0 aliphatic carbocycles. The maximum absolute atomic E-state index is 4.60. The van der Waals surface area contributed by atoms with Gasteiger partial charge in [0, 0.05) is 18.8 Å². The van der Waals surface area contributed by atoms with Crippen molar-refractivity contribution >= 4 is 5.65 Å². The van der Waals surface area contributed by atoms with Gasteiger partial charge in [-0.2, -0.15) is 0 Å². The van der Waals surface area contributed by atoms with E-state index < -0.39 is 0 Å². The molecule has 0 radical (unpaired) electrons. The van der Waals surface area contributed by atoms with Crippen LogP contribution in [0.15, 0.2) is 54.7 Å². The number of imidazole rings is 1. The van der Waals surface area contributed by atoms with Crippen molar-refractivity contribution in [2.45, 2.75) is 32.9 Å². The molecule has 1 aromatic carbocycles. The minimum Gasteiger partial charge on any atom is -0.308 e. The molecule has 0 bridgehead atoms. The van der Waals surface area contributed by atoms with Crippen molar-refractivity contribution in [3.05, 3.63) is 71.7 Å². The summed E-state index contributed by atoms with van der Waals surface area (Å²) in [7, 11) is 0. The maximum atomic E-state index is 4.60. The molecule has 3 nitrogen and oxygen atoms in total. The Labute approximate surface area is 125 Å². The fourth-order valence-electron chi connectivity index (χ4n) is 2.69. The Morgan fingerprint density at radius 3 is 2.67 bits per heavy atom. The first-order chi connectivity index (χ1) is 10.2. The van der Waals surface area contributed by atoms with E-state index in [1.807, 2.05) is 18.2 Å². The highest BCUT2D eigenvalue weighted by Gasteiger charge is 2.09. The van der Waals surface area contributed by atoms with Gasteiger partial charge in [-0.1, -0.05) is 36.4 Å². The van der Waals surface area contributed by atoms with Crippen molar-refractivity contribution in [2.75, 3.05) is 0 Å². The molecule has 0 amide bonds. The number of nitrogens with one attached hydrogen (secondary N) is 1. The molecule has 3 heteroatoms. The summed E-state index contributed by atoms with van der Waals surface area (Å²) in [6.45, 7) is 5.14. The highest BCUT2D eigenvalue weighted by atomic mass is 15.0. The Bertz CT molecular complexity index is 716. The summed E-state index contributed by atoms with van der Waals surface area (Å²) >= 11 is 0. The summed E-state index contributed by atoms with van der Waals surface area (Å²) in [5, 5.41) is 3.61. The number of fused-ring (bicyclic) bond motifs is 1. The Morgan fingerprint density at radius 2 is 1.86 bits per heavy atom. The summed E-state index contributed by atoms with van der Waals surface area (Å²) in [4.78, 5) is 4.60. The zero-order valence-corrected chi connectivity index (χ0v) is 12.6. The third-order valence-electron chi connectivity index (χ3n) is 3.83. The highest BCUT2D eigenvalue weighted by Crippen LogP contribution is 2.12. The average molecular weight is 279 g/mol. The first-order valence-corrected chi connectivity index (χ1v) is 7.44. The number of rotatable bonds is 5. The molecular weight excluding hydrogens is 258 g/mol. The number of aryl methyl sites for hydroxylation is 1. The lowest BCUT2D eigenvalue weighted by atomic mass is 10.1. The third-order valence-corrected chi connectivity index (χ3v) is 3.83. The molecule has 0 fully saturated rings. The van der Waals surface area contributed by atoms with Crippen molar-refractivity contribution in [1.82, 2.24) is 14.7 Å². The fourth-order valence-corrected chi connectivity index (χ4v) is 2.69. The first-order valence-electron chi connectivity index (χ1n) is 7.44. The molecule has 0 aliphatic heterocycles. The summed E-state index contributed by atoms with van der Waals surface area (Å²) in [5.74, 6) is 0. The monoisotopic (exact) mass is 279 g/mol. The smallest absolute Gasteiger partial charge is 0.137 e. The summed E-state index contributed by atoms with van der Waals surface area (Å²) in [6.07, 6.45) is 3.12. The van der Waals surface area contributed by atoms with Crippen LogP contribution >= 0.6 is 0 Å². The van der Waals surface area contributed by atoms with E-state index in [1.165, 1.54) is 11.3 Å². The van der Waals surface area contributed by atoms with Crippen molar-refractivity contribution < 1.29 is 0 Å². The van der Waals surface area contributed by atoms with Gasteiger partial charge in [-0.3, -0.25) is 0 Å². The number of benzene rings is 1. The largest absolute Gasteiger partial charge is 0.308 e. The van der Waals surface area contributed by atoms with Crippen molar-refractivity contribution in [2.24, 2.45) is 0 Å². The van der Waals surface area contributed by atoms with Crippen molar-refractivity contribution in [1.29, 1.82) is 0 Å². The molecule has 0 aliphatic rings. The van der Waals surface area contributed by atoms with Crippen LogP contribution in [0.5, 0.6) is 0 Å². The van der Waals surface area contributed by atoms with Gasteiger partial charge in [0.05, 0.1) is 11.4 Å². The van der Waals surface area contributed by atoms with Gasteiger partial charge < -0.3 is 9.72 Å². The molecule has 21 heavy (non-hydrogen) atoms. The SMILES string of the molecule is Cc1nc2ccccn2c1CNC(C)Cc1ccccc1. The van der Waals surface area contributed by atoms with E-state index in [1.54, 1.807) is 0 Å². The predicted molar refractivity (Wildman–Crippen MR) is 86.4 cm³/mol. The zero-order chi connectivity index (χ0) is 14.7. The van der Waals surface area contributed by atoms with Gasteiger partial charge in [0.1, 0.15) is 5.65 Å². The minimum absolute atomic E-state index is 0.432. The standard InChI is InChI=1S/C18H21N3/c1-14(12-16-8-4-3-5-9-16)19-13-17-15(2)20-18-10-6-7-11-21(17)18/h3-11,14,19H,12-13H2,1-2H3. The lowest BCUT2D eigenvalue weighted by Gasteiger charge is -2.14. The van der Waals surface area contributed by atoms with Gasteiger partial charge in [0.25, 0.3) is 0 Å². The van der Waals surface area contributed by atoms with Crippen LogP contribution in [0, 0.1) is 6.92 Å². The lowest BCUT2D eigenvalue weighted by Crippen LogP contribution is -2.28. The summed E-state index contributed by atoms with van der Waals surface area (Å²) in [6, 6.07) is 17.2. The fraction of sp³-hybridized carbons (Fsp3) is 0.278. The van der Waals surface area contributed by atoms with Crippen LogP contribution in [0.3, 0.4) is 0 Å². The average Bonchev–Trinajstić information content (AvgIpc) is 2.81. The zero-order valence-electron chi connectivity index (χ0n) is 12.6. The maximum Gasteiger partial charge on any atom is 0.137 e. The van der Waals surface area contributed by atoms with E-state index in [0.29, 0.717) is 6.04 Å². The number of pyridine rings is 1. The number of hydrogen-bond acceptors (Lipinski definition) is 2. The number of aromatic nitrogens is 2. The van der Waals surface area contributed by atoms with Gasteiger partial charge in [0.2, 0.25) is 0 Å². The van der Waals surface area contributed by atoms with Crippen LogP contribution in [-0.2, 0) is 13.0 Å². The van der Waals surface area contributed by atoms with Crippen molar-refractivity contribution in [3.63, 3.8) is 0 Å². The molecule has 3 rings (SSSR count). The van der Waals surface area contributed by atoms with E-state index in [4.69, 9.17) is 0 Å². The normalized spacial score (nSPS) is 12.7. The second-order valence-electron chi connectivity index (χ2n) is 5.54. The molecule has 2 heterocycles. The molecule has 108 valence electrons. The second kappa shape index (κ2) is 6.10. The molecule has 1 unspecified atom stereocenters. The number of nitrogens with zero attached hydrogens (tertiary/aromatic N) is 2. The van der Waals surface area contributed by atoms with E-state index >= 15 is 0 Å². The quantitative estimate of drug-likeness (QED) is 0.776. The first kappa shape index (κ1) is 13.8. The van der Waals surface area contributed by atoms with Crippen LogP contribution in [0.4, 0.5) is 0 Å². The number of hydrogen-bond donors (Lipinski definition) is 1. The van der Waals surface area contributed by atoms with Gasteiger partial charge in [-0.25, -0.2) is 4.98 Å². The topological polar surface area (TPSA) is 29.3 Å². The van der Waals surface area contributed by atoms with Crippen molar-refractivity contribution in [3.8, 4) is 0 Å². The molecule has 3 aromatic rings.